The lowest BCUT2D eigenvalue weighted by atomic mass is 9.80. The number of anilines is 1. The SMILES string of the molecule is O=C(c1cnc(N[C@H]2CCc3ncccc32)nc1)N1CCC2(CCOCC2)C1. The maximum absolute atomic E-state index is 12.9. The summed E-state index contributed by atoms with van der Waals surface area (Å²) in [7, 11) is 0. The molecule has 146 valence electrons. The van der Waals surface area contributed by atoms with E-state index in [-0.39, 0.29) is 17.4 Å². The number of ether oxygens (including phenoxy) is 1. The first-order valence-corrected chi connectivity index (χ1v) is 10.1. The molecule has 28 heavy (non-hydrogen) atoms. The largest absolute Gasteiger partial charge is 0.381 e. The van der Waals surface area contributed by atoms with Crippen molar-refractivity contribution in [2.24, 2.45) is 5.41 Å². The number of aryl methyl sites for hydroxylation is 1. The van der Waals surface area contributed by atoms with Gasteiger partial charge in [0.25, 0.3) is 5.91 Å². The Morgan fingerprint density at radius 2 is 2.00 bits per heavy atom. The van der Waals surface area contributed by atoms with Gasteiger partial charge in [-0.1, -0.05) is 6.07 Å². The van der Waals surface area contributed by atoms with Crippen LogP contribution in [0.4, 0.5) is 5.95 Å². The van der Waals surface area contributed by atoms with Crippen molar-refractivity contribution in [3.05, 3.63) is 47.5 Å². The van der Waals surface area contributed by atoms with E-state index in [2.05, 4.69) is 26.3 Å². The number of hydrogen-bond donors (Lipinski definition) is 1. The highest BCUT2D eigenvalue weighted by molar-refractivity contribution is 5.94. The maximum atomic E-state index is 12.9. The Kier molecular flexibility index (Phi) is 4.47. The predicted molar refractivity (Wildman–Crippen MR) is 104 cm³/mol. The molecule has 2 saturated heterocycles. The molecule has 5 rings (SSSR count). The third kappa shape index (κ3) is 3.24. The fourth-order valence-corrected chi connectivity index (χ4v) is 4.74. The summed E-state index contributed by atoms with van der Waals surface area (Å²) in [6, 6.07) is 4.24. The molecular weight excluding hydrogens is 354 g/mol. The number of pyridine rings is 1. The molecule has 2 aromatic rings. The van der Waals surface area contributed by atoms with Crippen LogP contribution < -0.4 is 5.32 Å². The van der Waals surface area contributed by atoms with Crippen LogP contribution in [-0.2, 0) is 11.2 Å². The van der Waals surface area contributed by atoms with Crippen LogP contribution in [0.25, 0.3) is 0 Å². The summed E-state index contributed by atoms with van der Waals surface area (Å²) in [6.45, 7) is 3.25. The van der Waals surface area contributed by atoms with Gasteiger partial charge in [0.05, 0.1) is 11.6 Å². The summed E-state index contributed by atoms with van der Waals surface area (Å²) >= 11 is 0. The number of fused-ring (bicyclic) bond motifs is 1. The van der Waals surface area contributed by atoms with Crippen molar-refractivity contribution >= 4 is 11.9 Å². The number of carbonyl (C=O) groups is 1. The van der Waals surface area contributed by atoms with Crippen molar-refractivity contribution in [3.8, 4) is 0 Å². The van der Waals surface area contributed by atoms with Crippen LogP contribution in [0.2, 0.25) is 0 Å². The van der Waals surface area contributed by atoms with Crippen LogP contribution in [-0.4, -0.2) is 52.1 Å². The molecule has 0 unspecified atom stereocenters. The number of nitrogens with one attached hydrogen (secondary N) is 1. The first-order valence-electron chi connectivity index (χ1n) is 10.1. The number of nitrogens with zero attached hydrogens (tertiary/aromatic N) is 4. The van der Waals surface area contributed by atoms with Crippen LogP contribution in [0.15, 0.2) is 30.7 Å². The van der Waals surface area contributed by atoms with Crippen LogP contribution >= 0.6 is 0 Å². The van der Waals surface area contributed by atoms with Gasteiger partial charge in [-0.3, -0.25) is 9.78 Å². The average Bonchev–Trinajstić information content (AvgIpc) is 3.34. The van der Waals surface area contributed by atoms with Gasteiger partial charge in [0.2, 0.25) is 5.95 Å². The highest BCUT2D eigenvalue weighted by Crippen LogP contribution is 2.40. The lowest BCUT2D eigenvalue weighted by Crippen LogP contribution is -2.35. The Morgan fingerprint density at radius 3 is 2.82 bits per heavy atom. The van der Waals surface area contributed by atoms with Crippen molar-refractivity contribution in [1.82, 2.24) is 19.9 Å². The van der Waals surface area contributed by atoms with Gasteiger partial charge in [0.1, 0.15) is 0 Å². The van der Waals surface area contributed by atoms with Gasteiger partial charge in [-0.2, -0.15) is 0 Å². The highest BCUT2D eigenvalue weighted by Gasteiger charge is 2.41. The fourth-order valence-electron chi connectivity index (χ4n) is 4.74. The van der Waals surface area contributed by atoms with E-state index < -0.39 is 0 Å². The molecule has 1 spiro atoms. The van der Waals surface area contributed by atoms with Crippen molar-refractivity contribution in [3.63, 3.8) is 0 Å². The van der Waals surface area contributed by atoms with E-state index in [1.807, 2.05) is 17.2 Å². The summed E-state index contributed by atoms with van der Waals surface area (Å²) in [6.07, 6.45) is 10.2. The molecule has 0 aromatic carbocycles. The molecule has 0 bridgehead atoms. The minimum atomic E-state index is 0.0327. The van der Waals surface area contributed by atoms with E-state index in [0.29, 0.717) is 11.5 Å². The van der Waals surface area contributed by atoms with E-state index in [9.17, 15) is 4.79 Å². The van der Waals surface area contributed by atoms with E-state index in [4.69, 9.17) is 4.74 Å². The first-order chi connectivity index (χ1) is 13.7. The Hall–Kier alpha value is -2.54. The quantitative estimate of drug-likeness (QED) is 0.883. The number of carbonyl (C=O) groups excluding carboxylic acids is 1. The van der Waals surface area contributed by atoms with Crippen molar-refractivity contribution in [2.45, 2.75) is 38.1 Å². The molecule has 7 heteroatoms. The summed E-state index contributed by atoms with van der Waals surface area (Å²) in [5.41, 5.74) is 3.16. The number of amides is 1. The first kappa shape index (κ1) is 17.6. The molecule has 0 radical (unpaired) electrons. The molecule has 0 saturated carbocycles. The zero-order valence-electron chi connectivity index (χ0n) is 15.9. The number of aromatic nitrogens is 3. The Bertz CT molecular complexity index is 863. The van der Waals surface area contributed by atoms with Gasteiger partial charge < -0.3 is 15.0 Å². The smallest absolute Gasteiger partial charge is 0.257 e. The molecule has 7 nitrogen and oxygen atoms in total. The van der Waals surface area contributed by atoms with Gasteiger partial charge in [-0.15, -0.1) is 0 Å². The van der Waals surface area contributed by atoms with E-state index in [1.54, 1.807) is 12.4 Å². The number of likely N-dealkylation sites (tertiary alicyclic amines) is 1. The van der Waals surface area contributed by atoms with Gasteiger partial charge in [-0.05, 0) is 49.1 Å². The van der Waals surface area contributed by atoms with Crippen LogP contribution in [0, 0.1) is 5.41 Å². The fraction of sp³-hybridized carbons (Fsp3) is 0.524. The minimum Gasteiger partial charge on any atom is -0.381 e. The maximum Gasteiger partial charge on any atom is 0.257 e. The van der Waals surface area contributed by atoms with Crippen molar-refractivity contribution in [2.75, 3.05) is 31.6 Å². The predicted octanol–water partition coefficient (Wildman–Crippen LogP) is 2.61. The average molecular weight is 379 g/mol. The van der Waals surface area contributed by atoms with Gasteiger partial charge in [-0.25, -0.2) is 9.97 Å². The monoisotopic (exact) mass is 379 g/mol. The van der Waals surface area contributed by atoms with Crippen LogP contribution in [0.3, 0.4) is 0 Å². The molecule has 1 N–H and O–H groups in total. The lowest BCUT2D eigenvalue weighted by molar-refractivity contribution is 0.0191. The second-order valence-electron chi connectivity index (χ2n) is 8.16. The topological polar surface area (TPSA) is 80.2 Å². The van der Waals surface area contributed by atoms with Gasteiger partial charge in [0.15, 0.2) is 0 Å². The van der Waals surface area contributed by atoms with Crippen molar-refractivity contribution < 1.29 is 9.53 Å². The molecule has 4 heterocycles. The molecule has 3 aliphatic rings. The third-order valence-corrected chi connectivity index (χ3v) is 6.45. The molecule has 1 amide bonds. The van der Waals surface area contributed by atoms with Crippen LogP contribution in [0.1, 0.15) is 53.3 Å². The molecule has 2 aromatic heterocycles. The molecule has 1 aliphatic carbocycles. The second kappa shape index (κ2) is 7.13. The van der Waals surface area contributed by atoms with E-state index in [1.165, 1.54) is 5.56 Å². The minimum absolute atomic E-state index is 0.0327. The normalized spacial score (nSPS) is 23.0. The summed E-state index contributed by atoms with van der Waals surface area (Å²) in [5, 5.41) is 3.38. The molecule has 2 fully saturated rings. The molecular formula is C21H25N5O2. The van der Waals surface area contributed by atoms with E-state index in [0.717, 1.165) is 64.1 Å². The summed E-state index contributed by atoms with van der Waals surface area (Å²) in [4.78, 5) is 28.1. The highest BCUT2D eigenvalue weighted by atomic mass is 16.5. The van der Waals surface area contributed by atoms with E-state index >= 15 is 0 Å². The van der Waals surface area contributed by atoms with Gasteiger partial charge in [0, 0.05) is 50.6 Å². The van der Waals surface area contributed by atoms with Gasteiger partial charge >= 0.3 is 0 Å². The zero-order valence-corrected chi connectivity index (χ0v) is 15.9. The zero-order chi connectivity index (χ0) is 19.0. The summed E-state index contributed by atoms with van der Waals surface area (Å²) in [5.74, 6) is 0.589. The Labute approximate surface area is 164 Å². The Balaban J connectivity index is 1.24. The Morgan fingerprint density at radius 1 is 1.18 bits per heavy atom. The lowest BCUT2D eigenvalue weighted by Gasteiger charge is -2.33. The van der Waals surface area contributed by atoms with Crippen molar-refractivity contribution in [1.29, 1.82) is 0 Å². The van der Waals surface area contributed by atoms with Crippen LogP contribution in [0.5, 0.6) is 0 Å². The standard InChI is InChI=1S/C21H25N5O2/c27-19(26-9-5-21(14-26)6-10-28-11-7-21)15-12-23-20(24-13-15)25-18-4-3-17-16(18)2-1-8-22-17/h1-2,8,12-13,18H,3-7,9-11,14H2,(H,23,24,25)/t18-/m0/s1. The summed E-state index contributed by atoms with van der Waals surface area (Å²) < 4.78 is 5.49. The second-order valence-corrected chi connectivity index (χ2v) is 8.16. The number of hydrogen-bond acceptors (Lipinski definition) is 6. The number of rotatable bonds is 3. The molecule has 1 atom stereocenters. The molecule has 2 aliphatic heterocycles. The third-order valence-electron chi connectivity index (χ3n) is 6.45.